The summed E-state index contributed by atoms with van der Waals surface area (Å²) in [5, 5.41) is 8.41. The molecule has 1 saturated heterocycles. The average molecular weight is 495 g/mol. The number of ether oxygens (including phenoxy) is 2. The van der Waals surface area contributed by atoms with Gasteiger partial charge in [0.05, 0.1) is 12.1 Å². The quantitative estimate of drug-likeness (QED) is 0.506. The first kappa shape index (κ1) is 24.1. The van der Waals surface area contributed by atoms with Crippen LogP contribution in [0.3, 0.4) is 0 Å². The molecule has 36 heavy (non-hydrogen) atoms. The van der Waals surface area contributed by atoms with Crippen molar-refractivity contribution in [3.63, 3.8) is 0 Å². The van der Waals surface area contributed by atoms with Crippen molar-refractivity contribution >= 4 is 22.9 Å². The van der Waals surface area contributed by atoms with Crippen LogP contribution in [0.1, 0.15) is 39.3 Å². The van der Waals surface area contributed by atoms with Gasteiger partial charge in [-0.15, -0.1) is 0 Å². The number of nitrogens with zero attached hydrogens (tertiary/aromatic N) is 3. The highest BCUT2D eigenvalue weighted by Crippen LogP contribution is 2.35. The smallest absolute Gasteiger partial charge is 0.411 e. The normalized spacial score (nSPS) is 20.4. The van der Waals surface area contributed by atoms with Gasteiger partial charge in [0.25, 0.3) is 0 Å². The Kier molecular flexibility index (Phi) is 6.10. The number of fused-ring (bicyclic) bond motifs is 5. The van der Waals surface area contributed by atoms with E-state index >= 15 is 0 Å². The van der Waals surface area contributed by atoms with Gasteiger partial charge >= 0.3 is 6.09 Å². The summed E-state index contributed by atoms with van der Waals surface area (Å²) < 4.78 is 28.2. The topological polar surface area (TPSA) is 85.7 Å². The number of rotatable bonds is 0. The molecule has 3 aromatic rings. The first-order valence-electron chi connectivity index (χ1n) is 12.3. The van der Waals surface area contributed by atoms with Gasteiger partial charge in [0.2, 0.25) is 5.91 Å². The Bertz CT molecular complexity index is 1330. The molecule has 2 atom stereocenters. The second kappa shape index (κ2) is 9.11. The molecule has 1 fully saturated rings. The van der Waals surface area contributed by atoms with Gasteiger partial charge in [-0.25, -0.2) is 9.18 Å². The fourth-order valence-electron chi connectivity index (χ4n) is 5.04. The summed E-state index contributed by atoms with van der Waals surface area (Å²) in [6.45, 7) is 6.05. The number of carbonyl (C=O) groups is 2. The third-order valence-corrected chi connectivity index (χ3v) is 6.55. The number of aromatic nitrogens is 2. The summed E-state index contributed by atoms with van der Waals surface area (Å²) >= 11 is 0. The highest BCUT2D eigenvalue weighted by Gasteiger charge is 2.42. The molecule has 2 aliphatic heterocycles. The van der Waals surface area contributed by atoms with Gasteiger partial charge in [-0.1, -0.05) is 12.1 Å². The zero-order valence-corrected chi connectivity index (χ0v) is 21.0. The van der Waals surface area contributed by atoms with Crippen LogP contribution in [-0.2, 0) is 23.0 Å². The lowest BCUT2D eigenvalue weighted by atomic mass is 9.98. The maximum absolute atomic E-state index is 14.6. The van der Waals surface area contributed by atoms with E-state index in [4.69, 9.17) is 9.47 Å². The van der Waals surface area contributed by atoms with Gasteiger partial charge < -0.3 is 14.8 Å². The molecular formula is C27H31FN4O4. The minimum atomic E-state index is -0.687. The number of amides is 2. The van der Waals surface area contributed by atoms with Crippen LogP contribution in [0.15, 0.2) is 36.4 Å². The lowest BCUT2D eigenvalue weighted by Gasteiger charge is -2.27. The second-order valence-electron chi connectivity index (χ2n) is 10.5. The summed E-state index contributed by atoms with van der Waals surface area (Å²) in [5.74, 6) is -0.00100. The highest BCUT2D eigenvalue weighted by molar-refractivity contribution is 5.97. The average Bonchev–Trinajstić information content (AvgIpc) is 3.35. The minimum Gasteiger partial charge on any atom is -0.488 e. The van der Waals surface area contributed by atoms with E-state index in [9.17, 15) is 14.0 Å². The third-order valence-electron chi connectivity index (χ3n) is 6.55. The Hall–Kier alpha value is -3.62. The monoisotopic (exact) mass is 494 g/mol. The van der Waals surface area contributed by atoms with Crippen LogP contribution >= 0.6 is 0 Å². The fourth-order valence-corrected chi connectivity index (χ4v) is 5.04. The molecule has 0 saturated carbocycles. The summed E-state index contributed by atoms with van der Waals surface area (Å²) in [6.07, 6.45) is 0.728. The Morgan fingerprint density at radius 3 is 2.83 bits per heavy atom. The van der Waals surface area contributed by atoms with Gasteiger partial charge in [0, 0.05) is 37.2 Å². The zero-order valence-electron chi connectivity index (χ0n) is 21.0. The van der Waals surface area contributed by atoms with Crippen molar-refractivity contribution in [2.45, 2.75) is 57.8 Å². The molecule has 2 amide bonds. The number of likely N-dealkylation sites (tertiary alicyclic amines) is 1. The first-order chi connectivity index (χ1) is 17.1. The predicted octanol–water partition coefficient (Wildman–Crippen LogP) is 4.20. The van der Waals surface area contributed by atoms with E-state index in [-0.39, 0.29) is 18.3 Å². The van der Waals surface area contributed by atoms with Gasteiger partial charge in [-0.05, 0) is 62.9 Å². The number of aryl methyl sites for hydroxylation is 2. The number of carbonyl (C=O) groups excluding carboxylic acids is 2. The number of hydrogen-bond acceptors (Lipinski definition) is 5. The van der Waals surface area contributed by atoms with Crippen molar-refractivity contribution in [3.8, 4) is 16.9 Å². The van der Waals surface area contributed by atoms with Crippen LogP contribution < -0.4 is 10.1 Å². The largest absolute Gasteiger partial charge is 0.488 e. The van der Waals surface area contributed by atoms with Crippen molar-refractivity contribution < 1.29 is 23.5 Å². The molecule has 2 aromatic carbocycles. The zero-order chi connectivity index (χ0) is 25.6. The molecule has 1 aromatic heterocycles. The molecule has 0 radical (unpaired) electrons. The van der Waals surface area contributed by atoms with Gasteiger partial charge in [-0.3, -0.25) is 14.4 Å². The van der Waals surface area contributed by atoms with Crippen molar-refractivity contribution in [3.05, 3.63) is 47.9 Å². The maximum atomic E-state index is 14.6. The first-order valence-corrected chi connectivity index (χ1v) is 12.3. The maximum Gasteiger partial charge on any atom is 0.411 e. The third kappa shape index (κ3) is 4.74. The lowest BCUT2D eigenvalue weighted by molar-refractivity contribution is -0.125. The molecule has 1 N–H and O–H groups in total. The predicted molar refractivity (Wildman–Crippen MR) is 133 cm³/mol. The Morgan fingerprint density at radius 2 is 2.06 bits per heavy atom. The number of benzene rings is 2. The van der Waals surface area contributed by atoms with E-state index in [1.165, 1.54) is 17.0 Å². The van der Waals surface area contributed by atoms with Crippen molar-refractivity contribution in [2.75, 3.05) is 13.1 Å². The number of nitrogens with one attached hydrogen (secondary N) is 1. The van der Waals surface area contributed by atoms with E-state index in [0.29, 0.717) is 37.1 Å². The summed E-state index contributed by atoms with van der Waals surface area (Å²) in [4.78, 5) is 27.5. The molecule has 9 heteroatoms. The van der Waals surface area contributed by atoms with Crippen LogP contribution in [-0.4, -0.2) is 57.5 Å². The fraction of sp³-hybridized carbons (Fsp3) is 0.444. The van der Waals surface area contributed by atoms with Crippen molar-refractivity contribution in [1.82, 2.24) is 20.0 Å². The number of halogens is 1. The minimum absolute atomic E-state index is 0.229. The Balaban J connectivity index is 1.54. The lowest BCUT2D eigenvalue weighted by Crippen LogP contribution is -2.47. The van der Waals surface area contributed by atoms with E-state index in [1.807, 2.05) is 31.3 Å². The van der Waals surface area contributed by atoms with Gasteiger partial charge in [-0.2, -0.15) is 5.10 Å². The van der Waals surface area contributed by atoms with E-state index in [1.54, 1.807) is 25.5 Å². The summed E-state index contributed by atoms with van der Waals surface area (Å²) in [7, 11) is 1.85. The molecule has 3 heterocycles. The van der Waals surface area contributed by atoms with Gasteiger partial charge in [0.1, 0.15) is 29.3 Å². The Labute approximate surface area is 209 Å². The van der Waals surface area contributed by atoms with Crippen LogP contribution in [0.2, 0.25) is 0 Å². The molecule has 4 bridgehead atoms. The SMILES string of the molecule is Cn1nc2cc(F)cc3c2c1CCCNC(=O)[C@@H]1C[C@@H](CN1C(=O)OC(C)(C)C)Oc1cccc-3c1. The van der Waals surface area contributed by atoms with E-state index in [2.05, 4.69) is 10.4 Å². The molecule has 190 valence electrons. The van der Waals surface area contributed by atoms with Crippen molar-refractivity contribution in [2.24, 2.45) is 7.05 Å². The van der Waals surface area contributed by atoms with Gasteiger partial charge in [0.15, 0.2) is 0 Å². The van der Waals surface area contributed by atoms with E-state index < -0.39 is 23.8 Å². The molecule has 0 spiro atoms. The van der Waals surface area contributed by atoms with E-state index in [0.717, 1.165) is 22.2 Å². The standard InChI is InChI=1S/C27H31FN4O4/c1-27(2,3)36-26(34)32-15-19-14-23(32)25(33)29-10-6-9-22-24-20(16-7-5-8-18(11-16)35-19)12-17(28)13-21(24)30-31(22)4/h5,7-8,11-13,19,23H,6,9-10,14-15H2,1-4H3,(H,29,33)/t19-,23-/m0/s1. The molecule has 0 aliphatic carbocycles. The molecule has 2 aliphatic rings. The van der Waals surface area contributed by atoms with Crippen LogP contribution in [0.25, 0.3) is 22.0 Å². The highest BCUT2D eigenvalue weighted by atomic mass is 19.1. The van der Waals surface area contributed by atoms with Crippen molar-refractivity contribution in [1.29, 1.82) is 0 Å². The summed E-state index contributed by atoms with van der Waals surface area (Å²) in [6, 6.07) is 9.77. The second-order valence-corrected chi connectivity index (χ2v) is 10.5. The molecule has 0 unspecified atom stereocenters. The number of hydrogen-bond donors (Lipinski definition) is 1. The molecule has 5 rings (SSSR count). The van der Waals surface area contributed by atoms with Crippen LogP contribution in [0, 0.1) is 5.82 Å². The Morgan fingerprint density at radius 1 is 1.25 bits per heavy atom. The molecule has 8 nitrogen and oxygen atoms in total. The molecular weight excluding hydrogens is 463 g/mol. The summed E-state index contributed by atoms with van der Waals surface area (Å²) in [5.41, 5.74) is 2.44. The van der Waals surface area contributed by atoms with Crippen LogP contribution in [0.5, 0.6) is 5.75 Å². The van der Waals surface area contributed by atoms with Crippen LogP contribution in [0.4, 0.5) is 9.18 Å².